The molecule has 0 bridgehead atoms. The molecule has 41 heavy (non-hydrogen) atoms. The van der Waals surface area contributed by atoms with Crippen LogP contribution < -0.4 is 9.80 Å². The number of para-hydroxylation sites is 1. The van der Waals surface area contributed by atoms with Gasteiger partial charge in [0.25, 0.3) is 5.91 Å². The van der Waals surface area contributed by atoms with Gasteiger partial charge in [0.05, 0.1) is 18.2 Å². The van der Waals surface area contributed by atoms with E-state index in [-0.39, 0.29) is 23.6 Å². The van der Waals surface area contributed by atoms with Gasteiger partial charge >= 0.3 is 5.97 Å². The summed E-state index contributed by atoms with van der Waals surface area (Å²) in [5, 5.41) is 0.910. The van der Waals surface area contributed by atoms with Crippen LogP contribution in [0.5, 0.6) is 0 Å². The van der Waals surface area contributed by atoms with Gasteiger partial charge in [0, 0.05) is 56.7 Å². The van der Waals surface area contributed by atoms with Crippen molar-refractivity contribution in [1.82, 2.24) is 14.9 Å². The number of benzene rings is 2. The summed E-state index contributed by atoms with van der Waals surface area (Å²) in [5.41, 5.74) is 2.17. The lowest BCUT2D eigenvalue weighted by atomic mass is 9.97. The maximum absolute atomic E-state index is 14.2. The lowest BCUT2D eigenvalue weighted by Gasteiger charge is -2.36. The Morgan fingerprint density at radius 1 is 1.02 bits per heavy atom. The summed E-state index contributed by atoms with van der Waals surface area (Å²) in [6.45, 7) is 5.84. The Kier molecular flexibility index (Phi) is 9.61. The normalized spacial score (nSPS) is 17.4. The van der Waals surface area contributed by atoms with Crippen LogP contribution in [0.1, 0.15) is 35.7 Å². The molecule has 2 saturated heterocycles. The summed E-state index contributed by atoms with van der Waals surface area (Å²) in [5.74, 6) is 0.499. The van der Waals surface area contributed by atoms with Gasteiger partial charge in [-0.1, -0.05) is 47.6 Å². The fourth-order valence-electron chi connectivity index (χ4n) is 5.24. The predicted octanol–water partition coefficient (Wildman–Crippen LogP) is 5.30. The van der Waals surface area contributed by atoms with Crippen LogP contribution in [0.15, 0.2) is 59.8 Å². The zero-order chi connectivity index (χ0) is 28.8. The first kappa shape index (κ1) is 29.1. The second kappa shape index (κ2) is 13.5. The first-order valence-electron chi connectivity index (χ1n) is 13.9. The number of likely N-dealkylation sites (tertiary alicyclic amines) is 1. The molecule has 5 rings (SSSR count). The number of piperazine rings is 1. The number of anilines is 2. The predicted molar refractivity (Wildman–Crippen MR) is 159 cm³/mol. The number of hydrogen-bond acceptors (Lipinski definition) is 8. The second-order valence-corrected chi connectivity index (χ2v) is 11.4. The number of ether oxygens (including phenoxy) is 1. The molecule has 3 aromatic rings. The van der Waals surface area contributed by atoms with Gasteiger partial charge in [-0.2, -0.15) is 0 Å². The summed E-state index contributed by atoms with van der Waals surface area (Å²) in [4.78, 5) is 40.5. The summed E-state index contributed by atoms with van der Waals surface area (Å²) >= 11 is 7.82. The summed E-state index contributed by atoms with van der Waals surface area (Å²) in [6, 6.07) is 16.1. The highest BCUT2D eigenvalue weighted by Gasteiger charge is 2.30. The molecular weight excluding hydrogens is 565 g/mol. The third-order valence-electron chi connectivity index (χ3n) is 7.33. The SMILES string of the molecule is CCOC(=O)C1CCCN(C(=O)c2cccc(CSc3nc(Cl)cc(N4CCN(c5ccccc5F)CC4)n3)c2)C1. The van der Waals surface area contributed by atoms with Crippen molar-refractivity contribution in [2.45, 2.75) is 30.7 Å². The number of thioether (sulfide) groups is 1. The highest BCUT2D eigenvalue weighted by Crippen LogP contribution is 2.27. The Labute approximate surface area is 248 Å². The standard InChI is InChI=1S/C30H33ClFN5O3S/c1-2-40-29(39)23-9-6-12-37(19-23)28(38)22-8-5-7-21(17-22)20-41-30-33-26(31)18-27(34-30)36-15-13-35(14-16-36)25-11-4-3-10-24(25)32/h3-5,7-8,10-11,17-18,23H,2,6,9,12-16,19-20H2,1H3. The number of carbonyl (C=O) groups excluding carboxylic acids is 2. The van der Waals surface area contributed by atoms with Crippen molar-refractivity contribution in [3.8, 4) is 0 Å². The van der Waals surface area contributed by atoms with E-state index in [9.17, 15) is 14.0 Å². The number of piperidine rings is 1. The minimum atomic E-state index is -0.275. The number of aromatic nitrogens is 2. The van der Waals surface area contributed by atoms with Gasteiger partial charge in [0.1, 0.15) is 16.8 Å². The Morgan fingerprint density at radius 3 is 2.59 bits per heavy atom. The van der Waals surface area contributed by atoms with Gasteiger partial charge in [-0.15, -0.1) is 0 Å². The quantitative estimate of drug-likeness (QED) is 0.150. The third kappa shape index (κ3) is 7.29. The van der Waals surface area contributed by atoms with Crippen molar-refractivity contribution >= 4 is 46.7 Å². The van der Waals surface area contributed by atoms with Crippen LogP contribution in [-0.2, 0) is 15.3 Å². The topological polar surface area (TPSA) is 78.9 Å². The largest absolute Gasteiger partial charge is 0.466 e. The van der Waals surface area contributed by atoms with Crippen molar-refractivity contribution in [2.75, 3.05) is 55.7 Å². The molecular formula is C30H33ClFN5O3S. The van der Waals surface area contributed by atoms with Gasteiger partial charge < -0.3 is 19.4 Å². The van der Waals surface area contributed by atoms with E-state index in [2.05, 4.69) is 9.88 Å². The van der Waals surface area contributed by atoms with E-state index in [0.717, 1.165) is 24.2 Å². The number of carbonyl (C=O) groups is 2. The van der Waals surface area contributed by atoms with E-state index in [0.29, 0.717) is 73.2 Å². The van der Waals surface area contributed by atoms with Crippen LogP contribution in [0.4, 0.5) is 15.9 Å². The zero-order valence-corrected chi connectivity index (χ0v) is 24.5. The fourth-order valence-corrected chi connectivity index (χ4v) is 6.26. The highest BCUT2D eigenvalue weighted by atomic mass is 35.5. The molecule has 216 valence electrons. The average molecular weight is 598 g/mol. The van der Waals surface area contributed by atoms with Gasteiger partial charge in [-0.05, 0) is 49.6 Å². The number of nitrogens with zero attached hydrogens (tertiary/aromatic N) is 5. The molecule has 8 nitrogen and oxygen atoms in total. The van der Waals surface area contributed by atoms with Crippen molar-refractivity contribution in [3.05, 3.63) is 76.7 Å². The van der Waals surface area contributed by atoms with Crippen LogP contribution in [-0.4, -0.2) is 72.6 Å². The fraction of sp³-hybridized carbons (Fsp3) is 0.400. The van der Waals surface area contributed by atoms with Crippen molar-refractivity contribution in [3.63, 3.8) is 0 Å². The smallest absolute Gasteiger partial charge is 0.310 e. The van der Waals surface area contributed by atoms with E-state index in [1.807, 2.05) is 29.2 Å². The first-order valence-corrected chi connectivity index (χ1v) is 15.2. The second-order valence-electron chi connectivity index (χ2n) is 10.1. The minimum Gasteiger partial charge on any atom is -0.466 e. The summed E-state index contributed by atoms with van der Waals surface area (Å²) in [7, 11) is 0. The zero-order valence-electron chi connectivity index (χ0n) is 23.0. The third-order valence-corrected chi connectivity index (χ3v) is 8.44. The molecule has 0 N–H and O–H groups in total. The van der Waals surface area contributed by atoms with Crippen molar-refractivity contribution in [1.29, 1.82) is 0 Å². The number of rotatable bonds is 8. The molecule has 3 heterocycles. The van der Waals surface area contributed by atoms with Crippen molar-refractivity contribution in [2.24, 2.45) is 5.92 Å². The molecule has 1 aromatic heterocycles. The molecule has 2 aliphatic heterocycles. The molecule has 1 amide bonds. The Bertz CT molecular complexity index is 1390. The Balaban J connectivity index is 1.19. The molecule has 11 heteroatoms. The number of amides is 1. The molecule has 1 atom stereocenters. The molecule has 1 unspecified atom stereocenters. The van der Waals surface area contributed by atoms with E-state index in [4.69, 9.17) is 21.3 Å². The summed E-state index contributed by atoms with van der Waals surface area (Å²) < 4.78 is 19.4. The van der Waals surface area contributed by atoms with Crippen LogP contribution in [0.25, 0.3) is 0 Å². The van der Waals surface area contributed by atoms with E-state index >= 15 is 0 Å². The van der Waals surface area contributed by atoms with Crippen LogP contribution in [0, 0.1) is 11.7 Å². The minimum absolute atomic E-state index is 0.0818. The molecule has 0 spiro atoms. The summed E-state index contributed by atoms with van der Waals surface area (Å²) in [6.07, 6.45) is 1.51. The molecule has 0 saturated carbocycles. The van der Waals surface area contributed by atoms with E-state index < -0.39 is 0 Å². The van der Waals surface area contributed by atoms with Crippen LogP contribution in [0.2, 0.25) is 5.15 Å². The van der Waals surface area contributed by atoms with Gasteiger partial charge in [-0.25, -0.2) is 14.4 Å². The lowest BCUT2D eigenvalue weighted by molar-refractivity contribution is -0.149. The molecule has 0 aliphatic carbocycles. The number of esters is 1. The van der Waals surface area contributed by atoms with E-state index in [1.54, 1.807) is 36.1 Å². The van der Waals surface area contributed by atoms with E-state index in [1.165, 1.54) is 17.8 Å². The molecule has 0 radical (unpaired) electrons. The van der Waals surface area contributed by atoms with Crippen LogP contribution in [0.3, 0.4) is 0 Å². The molecule has 2 aromatic carbocycles. The van der Waals surface area contributed by atoms with Gasteiger partial charge in [-0.3, -0.25) is 9.59 Å². The van der Waals surface area contributed by atoms with Crippen molar-refractivity contribution < 1.29 is 18.7 Å². The lowest BCUT2D eigenvalue weighted by Crippen LogP contribution is -2.47. The highest BCUT2D eigenvalue weighted by molar-refractivity contribution is 7.98. The number of hydrogen-bond donors (Lipinski definition) is 0. The van der Waals surface area contributed by atoms with Gasteiger partial charge in [0.2, 0.25) is 0 Å². The van der Waals surface area contributed by atoms with Gasteiger partial charge in [0.15, 0.2) is 5.16 Å². The Morgan fingerprint density at radius 2 is 1.80 bits per heavy atom. The first-order chi connectivity index (χ1) is 19.9. The number of halogens is 2. The maximum atomic E-state index is 14.2. The maximum Gasteiger partial charge on any atom is 0.310 e. The Hall–Kier alpha value is -3.37. The average Bonchev–Trinajstić information content (AvgIpc) is 3.00. The molecule has 2 fully saturated rings. The molecule has 2 aliphatic rings. The van der Waals surface area contributed by atoms with Crippen LogP contribution >= 0.6 is 23.4 Å². The monoisotopic (exact) mass is 597 g/mol.